The monoisotopic (exact) mass is 532 g/mol. The number of carboxylic acid groups (broad SMARTS) is 1. The van der Waals surface area contributed by atoms with Crippen molar-refractivity contribution >= 4 is 40.8 Å². The molecule has 5 unspecified atom stereocenters. The van der Waals surface area contributed by atoms with E-state index in [0.29, 0.717) is 21.8 Å². The number of aliphatic hydroxyl groups excluding tert-OH is 2. The molecule has 9 nitrogen and oxygen atoms in total. The quantitative estimate of drug-likeness (QED) is 0.351. The fraction of sp³-hybridized carbons (Fsp3) is 0.240. The van der Waals surface area contributed by atoms with E-state index in [9.17, 15) is 24.9 Å². The van der Waals surface area contributed by atoms with Crippen molar-refractivity contribution < 1.29 is 34.4 Å². The molecule has 188 valence electrons. The zero-order chi connectivity index (χ0) is 26.0. The molecule has 0 bridgehead atoms. The summed E-state index contributed by atoms with van der Waals surface area (Å²) >= 11 is 12.1. The number of nitrogens with zero attached hydrogens (tertiary/aromatic N) is 1. The van der Waals surface area contributed by atoms with E-state index in [1.807, 2.05) is 0 Å². The van der Waals surface area contributed by atoms with Crippen LogP contribution in [-0.4, -0.2) is 56.8 Å². The Bertz CT molecular complexity index is 1270. The number of anilines is 1. The average molecular weight is 533 g/mol. The van der Waals surface area contributed by atoms with Gasteiger partial charge in [0.05, 0.1) is 11.7 Å². The number of carbonyl (C=O) groups excluding carboxylic acids is 1. The lowest BCUT2D eigenvalue weighted by atomic mass is 9.91. The second-order valence-corrected chi connectivity index (χ2v) is 8.98. The molecular weight excluding hydrogens is 511 g/mol. The number of ether oxygens (including phenoxy) is 2. The molecule has 36 heavy (non-hydrogen) atoms. The molecule has 4 N–H and O–H groups in total. The number of carbonyl (C=O) groups is 2. The number of pyridine rings is 1. The summed E-state index contributed by atoms with van der Waals surface area (Å²) in [6.45, 7) is 1.50. The highest BCUT2D eigenvalue weighted by atomic mass is 35.5. The van der Waals surface area contributed by atoms with Crippen LogP contribution in [0.1, 0.15) is 17.3 Å². The molecule has 0 radical (unpaired) electrons. The predicted octanol–water partition coefficient (Wildman–Crippen LogP) is 3.85. The number of carboxylic acids is 1. The van der Waals surface area contributed by atoms with Crippen molar-refractivity contribution in [3.05, 3.63) is 76.5 Å². The molecule has 3 aromatic rings. The van der Waals surface area contributed by atoms with E-state index in [1.165, 1.54) is 25.3 Å². The van der Waals surface area contributed by atoms with Crippen LogP contribution in [-0.2, 0) is 9.53 Å². The van der Waals surface area contributed by atoms with Crippen molar-refractivity contribution in [2.45, 2.75) is 31.5 Å². The highest BCUT2D eigenvalue weighted by Gasteiger charge is 2.48. The maximum Gasteiger partial charge on any atom is 0.315 e. The van der Waals surface area contributed by atoms with Crippen LogP contribution in [0.5, 0.6) is 5.75 Å². The second kappa shape index (κ2) is 10.8. The lowest BCUT2D eigenvalue weighted by molar-refractivity contribution is -0.250. The van der Waals surface area contributed by atoms with Crippen LogP contribution in [0.2, 0.25) is 10.2 Å². The van der Waals surface area contributed by atoms with Crippen molar-refractivity contribution in [1.82, 2.24) is 4.98 Å². The average Bonchev–Trinajstić information content (AvgIpc) is 2.84. The van der Waals surface area contributed by atoms with E-state index < -0.39 is 42.4 Å². The summed E-state index contributed by atoms with van der Waals surface area (Å²) in [6, 6.07) is 14.7. The van der Waals surface area contributed by atoms with Crippen LogP contribution in [0.15, 0.2) is 60.8 Å². The maximum absolute atomic E-state index is 12.9. The first-order valence-electron chi connectivity index (χ1n) is 10.9. The van der Waals surface area contributed by atoms with Gasteiger partial charge in [0.2, 0.25) is 6.29 Å². The third-order valence-corrected chi connectivity index (χ3v) is 6.33. The molecular formula is C25H22Cl2N2O7. The fourth-order valence-electron chi connectivity index (χ4n) is 3.84. The molecule has 5 atom stereocenters. The number of aliphatic hydroxyl groups is 2. The highest BCUT2D eigenvalue weighted by Crippen LogP contribution is 2.35. The van der Waals surface area contributed by atoms with Crippen molar-refractivity contribution in [2.24, 2.45) is 5.92 Å². The molecule has 1 saturated heterocycles. The lowest BCUT2D eigenvalue weighted by Crippen LogP contribution is -2.57. The van der Waals surface area contributed by atoms with Crippen molar-refractivity contribution in [3.8, 4) is 16.9 Å². The Balaban J connectivity index is 1.68. The van der Waals surface area contributed by atoms with E-state index in [2.05, 4.69) is 10.3 Å². The Hall–Kier alpha value is -3.21. The number of hydrogen-bond acceptors (Lipinski definition) is 7. The summed E-state index contributed by atoms with van der Waals surface area (Å²) < 4.78 is 11.4. The van der Waals surface area contributed by atoms with E-state index in [-0.39, 0.29) is 16.5 Å². The summed E-state index contributed by atoms with van der Waals surface area (Å²) in [7, 11) is 0. The van der Waals surface area contributed by atoms with Gasteiger partial charge >= 0.3 is 5.97 Å². The summed E-state index contributed by atoms with van der Waals surface area (Å²) in [5, 5.41) is 33.3. The Labute approximate surface area is 216 Å². The van der Waals surface area contributed by atoms with Gasteiger partial charge in [0.25, 0.3) is 5.91 Å². The molecule has 0 spiro atoms. The zero-order valence-corrected chi connectivity index (χ0v) is 20.3. The molecule has 1 fully saturated rings. The maximum atomic E-state index is 12.9. The number of rotatable bonds is 6. The van der Waals surface area contributed by atoms with E-state index in [0.717, 1.165) is 0 Å². The van der Waals surface area contributed by atoms with E-state index >= 15 is 0 Å². The van der Waals surface area contributed by atoms with Gasteiger partial charge in [-0.15, -0.1) is 0 Å². The largest absolute Gasteiger partial charge is 0.481 e. The van der Waals surface area contributed by atoms with Crippen LogP contribution >= 0.6 is 23.2 Å². The molecule has 0 aliphatic carbocycles. The summed E-state index contributed by atoms with van der Waals surface area (Å²) in [5.74, 6) is -3.18. The van der Waals surface area contributed by atoms with Crippen LogP contribution < -0.4 is 10.1 Å². The van der Waals surface area contributed by atoms with Gasteiger partial charge in [-0.25, -0.2) is 4.98 Å². The first-order chi connectivity index (χ1) is 17.2. The smallest absolute Gasteiger partial charge is 0.315 e. The number of nitrogens with one attached hydrogen (secondary N) is 1. The minimum atomic E-state index is -1.59. The zero-order valence-electron chi connectivity index (χ0n) is 18.8. The van der Waals surface area contributed by atoms with Crippen LogP contribution in [0.4, 0.5) is 5.69 Å². The van der Waals surface area contributed by atoms with Gasteiger partial charge in [-0.05, 0) is 55.0 Å². The summed E-state index contributed by atoms with van der Waals surface area (Å²) in [5.41, 5.74) is 1.82. The molecule has 2 heterocycles. The SMILES string of the molecule is CC1OC(Oc2ccc(NC(=O)c3cccnc3Cl)c(-c3ccc(Cl)cc3)c2)C(C(=O)O)C(O)C1O. The normalized spacial score (nSPS) is 23.6. The first kappa shape index (κ1) is 25.9. The number of aliphatic carboxylic acids is 1. The number of aromatic nitrogens is 1. The van der Waals surface area contributed by atoms with Gasteiger partial charge in [-0.2, -0.15) is 0 Å². The Morgan fingerprint density at radius 3 is 2.44 bits per heavy atom. The highest BCUT2D eigenvalue weighted by molar-refractivity contribution is 6.33. The predicted molar refractivity (Wildman–Crippen MR) is 132 cm³/mol. The second-order valence-electron chi connectivity index (χ2n) is 8.18. The minimum Gasteiger partial charge on any atom is -0.481 e. The molecule has 0 saturated carbocycles. The first-order valence-corrected chi connectivity index (χ1v) is 11.6. The third kappa shape index (κ3) is 5.45. The van der Waals surface area contributed by atoms with Gasteiger partial charge in [-0.1, -0.05) is 35.3 Å². The molecule has 1 aliphatic rings. The standard InChI is InChI=1S/C25H22Cl2N2O7/c1-12-20(30)21(31)19(24(33)34)25(35-12)36-15-8-9-18(17(11-15)13-4-6-14(26)7-5-13)29-23(32)16-3-2-10-28-22(16)27/h2-12,19-21,25,30-31H,1H3,(H,29,32)(H,33,34). The van der Waals surface area contributed by atoms with Crippen molar-refractivity contribution in [2.75, 3.05) is 5.32 Å². The topological polar surface area (TPSA) is 138 Å². The van der Waals surface area contributed by atoms with Crippen molar-refractivity contribution in [3.63, 3.8) is 0 Å². The van der Waals surface area contributed by atoms with Gasteiger partial charge in [0, 0.05) is 22.5 Å². The van der Waals surface area contributed by atoms with E-state index in [1.54, 1.807) is 42.5 Å². The molecule has 11 heteroatoms. The number of benzene rings is 2. The van der Waals surface area contributed by atoms with Gasteiger partial charge < -0.3 is 30.1 Å². The molecule has 1 aliphatic heterocycles. The van der Waals surface area contributed by atoms with Crippen LogP contribution in [0.3, 0.4) is 0 Å². The molecule has 1 aromatic heterocycles. The molecule has 2 aromatic carbocycles. The summed E-state index contributed by atoms with van der Waals surface area (Å²) in [6.07, 6.45) is -3.73. The van der Waals surface area contributed by atoms with Crippen molar-refractivity contribution in [1.29, 1.82) is 0 Å². The number of amides is 1. The number of halogens is 2. The van der Waals surface area contributed by atoms with Crippen LogP contribution in [0.25, 0.3) is 11.1 Å². The van der Waals surface area contributed by atoms with Gasteiger partial charge in [0.1, 0.15) is 29.0 Å². The lowest BCUT2D eigenvalue weighted by Gasteiger charge is -2.39. The minimum absolute atomic E-state index is 0.0482. The van der Waals surface area contributed by atoms with Gasteiger partial charge in [-0.3, -0.25) is 9.59 Å². The Kier molecular flexibility index (Phi) is 7.77. The third-order valence-electron chi connectivity index (χ3n) is 5.78. The molecule has 1 amide bonds. The van der Waals surface area contributed by atoms with E-state index in [4.69, 9.17) is 32.7 Å². The summed E-state index contributed by atoms with van der Waals surface area (Å²) in [4.78, 5) is 28.6. The number of hydrogen-bond donors (Lipinski definition) is 4. The molecule has 4 rings (SSSR count). The Morgan fingerprint density at radius 2 is 1.78 bits per heavy atom. The van der Waals surface area contributed by atoms with Gasteiger partial charge in [0.15, 0.2) is 0 Å². The van der Waals surface area contributed by atoms with Crippen LogP contribution in [0, 0.1) is 5.92 Å². The fourth-order valence-corrected chi connectivity index (χ4v) is 4.18. The Morgan fingerprint density at radius 1 is 1.06 bits per heavy atom.